The van der Waals surface area contributed by atoms with Gasteiger partial charge in [0.25, 0.3) is 0 Å². The Morgan fingerprint density at radius 3 is 1.67 bits per heavy atom. The van der Waals surface area contributed by atoms with Crippen molar-refractivity contribution >= 4 is 23.1 Å². The van der Waals surface area contributed by atoms with Crippen molar-refractivity contribution < 1.29 is 28.3 Å². The first kappa shape index (κ1) is 25.8. The lowest BCUT2D eigenvalue weighted by Gasteiger charge is -2.26. The van der Waals surface area contributed by atoms with Crippen molar-refractivity contribution in [2.24, 2.45) is 0 Å². The molecule has 0 amide bonds. The van der Waals surface area contributed by atoms with E-state index in [9.17, 15) is 9.59 Å². The van der Waals surface area contributed by atoms with Crippen molar-refractivity contribution in [3.05, 3.63) is 47.2 Å². The summed E-state index contributed by atoms with van der Waals surface area (Å²) in [7, 11) is 0. The largest absolute Gasteiger partial charge is 0.438 e. The van der Waals surface area contributed by atoms with Crippen LogP contribution in [0.15, 0.2) is 33.3 Å². The molecule has 0 unspecified atom stereocenters. The van der Waals surface area contributed by atoms with Crippen molar-refractivity contribution in [3.8, 4) is 0 Å². The summed E-state index contributed by atoms with van der Waals surface area (Å²) in [6.07, 6.45) is 11.3. The summed E-state index contributed by atoms with van der Waals surface area (Å²) in [5.41, 5.74) is 3.24. The number of carbonyl (C=O) groups excluding carboxylic acids is 2. The third-order valence-electron chi connectivity index (χ3n) is 6.15. The van der Waals surface area contributed by atoms with Gasteiger partial charge in [-0.05, 0) is 36.8 Å². The molecule has 0 aromatic carbocycles. The van der Waals surface area contributed by atoms with Crippen LogP contribution < -0.4 is 0 Å². The fourth-order valence-electron chi connectivity index (χ4n) is 4.14. The first-order chi connectivity index (χ1) is 17.6. The van der Waals surface area contributed by atoms with Crippen molar-refractivity contribution in [3.63, 3.8) is 0 Å². The zero-order valence-electron chi connectivity index (χ0n) is 21.0. The molecule has 36 heavy (non-hydrogen) atoms. The normalized spacial score (nSPS) is 16.9. The van der Waals surface area contributed by atoms with E-state index in [0.29, 0.717) is 39.0 Å². The van der Waals surface area contributed by atoms with Gasteiger partial charge in [0, 0.05) is 38.1 Å². The highest BCUT2D eigenvalue weighted by Gasteiger charge is 2.28. The van der Waals surface area contributed by atoms with E-state index in [1.54, 1.807) is 0 Å². The summed E-state index contributed by atoms with van der Waals surface area (Å²) in [4.78, 5) is 35.5. The molecule has 2 aromatic rings. The van der Waals surface area contributed by atoms with E-state index in [-0.39, 0.29) is 0 Å². The maximum atomic E-state index is 12.4. The molecule has 4 heterocycles. The summed E-state index contributed by atoms with van der Waals surface area (Å²) in [5, 5.41) is 11.2. The summed E-state index contributed by atoms with van der Waals surface area (Å²) in [6, 6.07) is 3.84. The Morgan fingerprint density at radius 1 is 0.806 bits per heavy atom. The van der Waals surface area contributed by atoms with E-state index in [2.05, 4.69) is 24.2 Å². The first-order valence-electron chi connectivity index (χ1n) is 12.8. The van der Waals surface area contributed by atoms with Gasteiger partial charge in [0.2, 0.25) is 0 Å². The number of nitrogens with zero attached hydrogens (tertiary/aromatic N) is 4. The molecule has 194 valence electrons. The Bertz CT molecular complexity index is 1020. The second kappa shape index (κ2) is 12.6. The van der Waals surface area contributed by atoms with Crippen LogP contribution >= 0.6 is 0 Å². The van der Waals surface area contributed by atoms with Crippen LogP contribution in [0.1, 0.15) is 75.3 Å². The Morgan fingerprint density at radius 2 is 1.25 bits per heavy atom. The van der Waals surface area contributed by atoms with Crippen LogP contribution in [0.5, 0.6) is 0 Å². The third kappa shape index (κ3) is 6.92. The Hall–Kier alpha value is -3.24. The molecule has 2 aliphatic heterocycles. The Labute approximate surface area is 210 Å². The molecule has 0 saturated heterocycles. The van der Waals surface area contributed by atoms with E-state index in [1.165, 1.54) is 10.1 Å². The molecule has 2 aromatic heterocycles. The number of rotatable bonds is 10. The van der Waals surface area contributed by atoms with Gasteiger partial charge in [0.15, 0.2) is 0 Å². The van der Waals surface area contributed by atoms with Crippen molar-refractivity contribution in [1.82, 2.24) is 20.4 Å². The predicted octanol–water partition coefficient (Wildman–Crippen LogP) is 4.14. The monoisotopic (exact) mass is 498 g/mol. The van der Waals surface area contributed by atoms with Crippen LogP contribution in [0.25, 0.3) is 11.1 Å². The van der Waals surface area contributed by atoms with Gasteiger partial charge in [-0.25, -0.2) is 9.59 Å². The molecule has 2 aliphatic rings. The molecule has 0 bridgehead atoms. The lowest BCUT2D eigenvalue weighted by Crippen LogP contribution is -2.39. The number of unbranched alkanes of at least 4 members (excludes halogenated alkanes) is 2. The van der Waals surface area contributed by atoms with Crippen LogP contribution in [-0.2, 0) is 32.1 Å². The fourth-order valence-corrected chi connectivity index (χ4v) is 4.14. The maximum Gasteiger partial charge on any atom is 0.438 e. The minimum absolute atomic E-state index is 0.321. The van der Waals surface area contributed by atoms with Gasteiger partial charge >= 0.3 is 11.9 Å². The molecule has 10 nitrogen and oxygen atoms in total. The van der Waals surface area contributed by atoms with Gasteiger partial charge in [-0.3, -0.25) is 0 Å². The number of hydroxylamine groups is 4. The molecule has 0 atom stereocenters. The average molecular weight is 499 g/mol. The Balaban J connectivity index is 1.26. The highest BCUT2D eigenvalue weighted by atomic mass is 16.8. The zero-order valence-corrected chi connectivity index (χ0v) is 21.0. The van der Waals surface area contributed by atoms with Gasteiger partial charge in [-0.15, -0.1) is 10.1 Å². The number of carbonyl (C=O) groups is 2. The summed E-state index contributed by atoms with van der Waals surface area (Å²) >= 11 is 0. The Kier molecular flexibility index (Phi) is 9.07. The van der Waals surface area contributed by atoms with Crippen LogP contribution in [-0.4, -0.2) is 58.6 Å². The molecule has 0 radical (unpaired) electrons. The van der Waals surface area contributed by atoms with Crippen molar-refractivity contribution in [1.29, 1.82) is 0 Å². The predicted molar refractivity (Wildman–Crippen MR) is 131 cm³/mol. The van der Waals surface area contributed by atoms with Gasteiger partial charge in [0.1, 0.15) is 22.9 Å². The number of aryl methyl sites for hydroxylation is 2. The quantitative estimate of drug-likeness (QED) is 0.443. The number of hydrogen-bond acceptors (Lipinski definition) is 10. The van der Waals surface area contributed by atoms with Crippen LogP contribution in [0.2, 0.25) is 0 Å². The van der Waals surface area contributed by atoms with Crippen LogP contribution in [0, 0.1) is 0 Å². The molecule has 0 saturated carbocycles. The average Bonchev–Trinajstić information content (AvgIpc) is 3.56. The molecular weight excluding hydrogens is 464 g/mol. The standard InChI is InChI=1S/C26H34N4O6/c1-3-5-11-21-15-23(27-33-21)19-9-7-13-29(17-19)35-25(31)26(32)36-30-14-8-10-20(18-30)24-16-22(34-28-24)12-6-4-2/h9-10,15-16H,3-8,11-14,17-18H2,1-2H3. The van der Waals surface area contributed by atoms with Gasteiger partial charge < -0.3 is 18.7 Å². The highest BCUT2D eigenvalue weighted by Crippen LogP contribution is 2.23. The smallest absolute Gasteiger partial charge is 0.361 e. The molecule has 0 spiro atoms. The van der Waals surface area contributed by atoms with Gasteiger partial charge in [0.05, 0.1) is 13.1 Å². The third-order valence-corrected chi connectivity index (χ3v) is 6.15. The maximum absolute atomic E-state index is 12.4. The van der Waals surface area contributed by atoms with Crippen molar-refractivity contribution in [2.75, 3.05) is 26.2 Å². The highest BCUT2D eigenvalue weighted by molar-refractivity contribution is 6.29. The second-order valence-electron chi connectivity index (χ2n) is 9.08. The topological polar surface area (TPSA) is 111 Å². The van der Waals surface area contributed by atoms with Crippen molar-refractivity contribution in [2.45, 2.75) is 65.2 Å². The fraction of sp³-hybridized carbons (Fsp3) is 0.538. The molecule has 0 aliphatic carbocycles. The molecule has 0 fully saturated rings. The summed E-state index contributed by atoms with van der Waals surface area (Å²) < 4.78 is 10.8. The lowest BCUT2D eigenvalue weighted by molar-refractivity contribution is -0.215. The molecule has 4 rings (SSSR count). The lowest BCUT2D eigenvalue weighted by atomic mass is 10.1. The molecule has 10 heteroatoms. The van der Waals surface area contributed by atoms with E-state index >= 15 is 0 Å². The molecule has 0 N–H and O–H groups in total. The van der Waals surface area contributed by atoms with E-state index < -0.39 is 11.9 Å². The molecular formula is C26H34N4O6. The second-order valence-corrected chi connectivity index (χ2v) is 9.08. The van der Waals surface area contributed by atoms with Gasteiger partial charge in [-0.2, -0.15) is 0 Å². The van der Waals surface area contributed by atoms with E-state index in [1.807, 2.05) is 24.3 Å². The number of aromatic nitrogens is 2. The number of hydrogen-bond donors (Lipinski definition) is 0. The minimum atomic E-state index is -1.06. The minimum Gasteiger partial charge on any atom is -0.361 e. The zero-order chi connectivity index (χ0) is 25.3. The van der Waals surface area contributed by atoms with Crippen LogP contribution in [0.3, 0.4) is 0 Å². The van der Waals surface area contributed by atoms with Crippen LogP contribution in [0.4, 0.5) is 0 Å². The SMILES string of the molecule is CCCCc1cc(C2=CCCN(OC(=O)C(=O)ON3CCC=C(c4cc(CCCC)on4)C3)C2)no1. The summed E-state index contributed by atoms with van der Waals surface area (Å²) in [5.74, 6) is -0.440. The van der Waals surface area contributed by atoms with E-state index in [0.717, 1.165) is 72.6 Å². The summed E-state index contributed by atoms with van der Waals surface area (Å²) in [6.45, 7) is 5.85. The first-order valence-corrected chi connectivity index (χ1v) is 12.8. The van der Waals surface area contributed by atoms with Gasteiger partial charge in [-0.1, -0.05) is 49.2 Å². The van der Waals surface area contributed by atoms with E-state index in [4.69, 9.17) is 18.7 Å².